The Morgan fingerprint density at radius 3 is 2.19 bits per heavy atom. The van der Waals surface area contributed by atoms with Crippen molar-refractivity contribution in [1.82, 2.24) is 15.0 Å². The number of aromatic nitrogens is 2. The van der Waals surface area contributed by atoms with Gasteiger partial charge < -0.3 is 14.3 Å². The lowest BCUT2D eigenvalue weighted by molar-refractivity contribution is -0.137. The number of piperazine rings is 1. The molecule has 1 aromatic heterocycles. The van der Waals surface area contributed by atoms with Gasteiger partial charge in [-0.05, 0) is 48.5 Å². The van der Waals surface area contributed by atoms with Crippen LogP contribution in [0.3, 0.4) is 0 Å². The van der Waals surface area contributed by atoms with Gasteiger partial charge in [-0.25, -0.2) is 0 Å². The first-order chi connectivity index (χ1) is 14.8. The van der Waals surface area contributed by atoms with Crippen LogP contribution in [0.25, 0.3) is 11.4 Å². The quantitative estimate of drug-likeness (QED) is 0.618. The second-order valence-electron chi connectivity index (χ2n) is 7.27. The van der Waals surface area contributed by atoms with Crippen molar-refractivity contribution in [3.05, 3.63) is 65.5 Å². The number of rotatable bonds is 4. The van der Waals surface area contributed by atoms with Crippen LogP contribution in [0.15, 0.2) is 53.1 Å². The molecule has 1 aliphatic heterocycles. The van der Waals surface area contributed by atoms with E-state index < -0.39 is 11.7 Å². The Labute approximate surface area is 177 Å². The molecule has 0 saturated carbocycles. The molecular formula is C22H21F3N4O2. The van der Waals surface area contributed by atoms with E-state index in [-0.39, 0.29) is 11.5 Å². The summed E-state index contributed by atoms with van der Waals surface area (Å²) in [4.78, 5) is 20.8. The molecule has 4 rings (SSSR count). The van der Waals surface area contributed by atoms with Crippen molar-refractivity contribution >= 4 is 11.6 Å². The molecule has 1 aliphatic rings. The van der Waals surface area contributed by atoms with Crippen molar-refractivity contribution in [2.75, 3.05) is 31.1 Å². The average Bonchev–Trinajstić information content (AvgIpc) is 3.28. The lowest BCUT2D eigenvalue weighted by Gasteiger charge is -2.36. The fourth-order valence-electron chi connectivity index (χ4n) is 3.49. The Morgan fingerprint density at radius 2 is 1.65 bits per heavy atom. The van der Waals surface area contributed by atoms with Crippen LogP contribution in [-0.2, 0) is 12.6 Å². The third kappa shape index (κ3) is 4.55. The highest BCUT2D eigenvalue weighted by atomic mass is 19.4. The van der Waals surface area contributed by atoms with Crippen LogP contribution in [0.5, 0.6) is 0 Å². The van der Waals surface area contributed by atoms with Gasteiger partial charge in [0.25, 0.3) is 5.91 Å². The minimum absolute atomic E-state index is 0.257. The number of hydrogen-bond donors (Lipinski definition) is 0. The van der Waals surface area contributed by atoms with E-state index in [1.54, 1.807) is 4.90 Å². The van der Waals surface area contributed by atoms with Crippen LogP contribution >= 0.6 is 0 Å². The van der Waals surface area contributed by atoms with Crippen LogP contribution in [0, 0.1) is 0 Å². The van der Waals surface area contributed by atoms with E-state index in [0.717, 1.165) is 23.4 Å². The Bertz CT molecular complexity index is 1040. The van der Waals surface area contributed by atoms with Gasteiger partial charge in [0.2, 0.25) is 11.7 Å². The third-order valence-corrected chi connectivity index (χ3v) is 5.29. The Morgan fingerprint density at radius 1 is 1.00 bits per heavy atom. The van der Waals surface area contributed by atoms with Crippen LogP contribution in [0.2, 0.25) is 0 Å². The highest BCUT2D eigenvalue weighted by Gasteiger charge is 2.30. The second-order valence-corrected chi connectivity index (χ2v) is 7.27. The van der Waals surface area contributed by atoms with Gasteiger partial charge in [-0.15, -0.1) is 0 Å². The minimum atomic E-state index is -4.41. The number of nitrogens with zero attached hydrogens (tertiary/aromatic N) is 4. The maximum Gasteiger partial charge on any atom is 0.416 e. The first-order valence-corrected chi connectivity index (χ1v) is 9.99. The topological polar surface area (TPSA) is 62.5 Å². The van der Waals surface area contributed by atoms with E-state index in [0.29, 0.717) is 44.3 Å². The zero-order valence-electron chi connectivity index (χ0n) is 16.9. The molecule has 0 atom stereocenters. The van der Waals surface area contributed by atoms with Gasteiger partial charge >= 0.3 is 6.18 Å². The summed E-state index contributed by atoms with van der Waals surface area (Å²) >= 11 is 0. The average molecular weight is 430 g/mol. The van der Waals surface area contributed by atoms with Crippen LogP contribution < -0.4 is 4.90 Å². The monoisotopic (exact) mass is 430 g/mol. The molecule has 0 unspecified atom stereocenters. The van der Waals surface area contributed by atoms with E-state index in [2.05, 4.69) is 15.0 Å². The van der Waals surface area contributed by atoms with E-state index >= 15 is 0 Å². The van der Waals surface area contributed by atoms with E-state index in [1.165, 1.54) is 12.1 Å². The lowest BCUT2D eigenvalue weighted by atomic mass is 10.1. The lowest BCUT2D eigenvalue weighted by Crippen LogP contribution is -2.48. The molecule has 2 aromatic carbocycles. The molecule has 0 aliphatic carbocycles. The number of carbonyl (C=O) groups is 1. The molecule has 0 spiro atoms. The van der Waals surface area contributed by atoms with Gasteiger partial charge in [0, 0.05) is 49.4 Å². The van der Waals surface area contributed by atoms with E-state index in [4.69, 9.17) is 4.52 Å². The molecule has 162 valence electrons. The first-order valence-electron chi connectivity index (χ1n) is 9.99. The molecule has 6 nitrogen and oxygen atoms in total. The molecular weight excluding hydrogens is 409 g/mol. The molecule has 31 heavy (non-hydrogen) atoms. The number of carbonyl (C=O) groups excluding carboxylic acids is 1. The summed E-state index contributed by atoms with van der Waals surface area (Å²) in [5.74, 6) is 0.885. The fraction of sp³-hybridized carbons (Fsp3) is 0.318. The molecule has 0 radical (unpaired) electrons. The number of alkyl halides is 3. The summed E-state index contributed by atoms with van der Waals surface area (Å²) in [6.45, 7) is 4.20. The highest BCUT2D eigenvalue weighted by Crippen LogP contribution is 2.29. The van der Waals surface area contributed by atoms with Crippen molar-refractivity contribution in [1.29, 1.82) is 0 Å². The number of benzene rings is 2. The third-order valence-electron chi connectivity index (χ3n) is 5.29. The molecule has 0 bridgehead atoms. The molecule has 2 heterocycles. The van der Waals surface area contributed by atoms with Gasteiger partial charge in [-0.2, -0.15) is 18.2 Å². The number of amides is 1. The van der Waals surface area contributed by atoms with Crippen LogP contribution in [-0.4, -0.2) is 47.1 Å². The zero-order valence-corrected chi connectivity index (χ0v) is 16.9. The maximum absolute atomic E-state index is 12.7. The van der Waals surface area contributed by atoms with Gasteiger partial charge in [-0.1, -0.05) is 12.1 Å². The summed E-state index contributed by atoms with van der Waals surface area (Å²) in [6.07, 6.45) is -3.73. The first kappa shape index (κ1) is 20.9. The SMILES string of the molecule is CCc1nc(-c2ccc(N3CCN(C(=O)c4ccc(C(F)(F)F)cc4)CC3)cc2)no1. The van der Waals surface area contributed by atoms with Gasteiger partial charge in [-0.3, -0.25) is 4.79 Å². The predicted octanol–water partition coefficient (Wildman–Crippen LogP) is 4.28. The Hall–Kier alpha value is -3.36. The summed E-state index contributed by atoms with van der Waals surface area (Å²) in [5.41, 5.74) is 1.38. The normalized spacial score (nSPS) is 14.7. The second kappa shape index (κ2) is 8.41. The van der Waals surface area contributed by atoms with Crippen LogP contribution in [0.1, 0.15) is 28.7 Å². The van der Waals surface area contributed by atoms with Crippen molar-refractivity contribution < 1.29 is 22.5 Å². The summed E-state index contributed by atoms with van der Waals surface area (Å²) in [6, 6.07) is 12.2. The summed E-state index contributed by atoms with van der Waals surface area (Å²) in [7, 11) is 0. The van der Waals surface area contributed by atoms with Gasteiger partial charge in [0.05, 0.1) is 5.56 Å². The molecule has 1 saturated heterocycles. The molecule has 1 fully saturated rings. The molecule has 9 heteroatoms. The summed E-state index contributed by atoms with van der Waals surface area (Å²) < 4.78 is 43.3. The predicted molar refractivity (Wildman–Crippen MR) is 109 cm³/mol. The van der Waals surface area contributed by atoms with E-state index in [1.807, 2.05) is 31.2 Å². The number of anilines is 1. The zero-order chi connectivity index (χ0) is 22.0. The van der Waals surface area contributed by atoms with Crippen LogP contribution in [0.4, 0.5) is 18.9 Å². The highest BCUT2D eigenvalue weighted by molar-refractivity contribution is 5.94. The van der Waals surface area contributed by atoms with Crippen molar-refractivity contribution in [3.63, 3.8) is 0 Å². The van der Waals surface area contributed by atoms with Crippen molar-refractivity contribution in [3.8, 4) is 11.4 Å². The smallest absolute Gasteiger partial charge is 0.368 e. The molecule has 1 amide bonds. The maximum atomic E-state index is 12.7. The number of hydrogen-bond acceptors (Lipinski definition) is 5. The van der Waals surface area contributed by atoms with Gasteiger partial charge in [0.1, 0.15) is 0 Å². The number of aryl methyl sites for hydroxylation is 1. The summed E-state index contributed by atoms with van der Waals surface area (Å²) in [5, 5.41) is 3.97. The largest absolute Gasteiger partial charge is 0.416 e. The van der Waals surface area contributed by atoms with Gasteiger partial charge in [0.15, 0.2) is 0 Å². The minimum Gasteiger partial charge on any atom is -0.368 e. The van der Waals surface area contributed by atoms with E-state index in [9.17, 15) is 18.0 Å². The standard InChI is InChI=1S/C22H21F3N4O2/c1-2-19-26-20(27-31-19)15-5-9-18(10-6-15)28-11-13-29(14-12-28)21(30)16-3-7-17(8-4-16)22(23,24)25/h3-10H,2,11-14H2,1H3. The Kier molecular flexibility index (Phi) is 5.67. The fourth-order valence-corrected chi connectivity index (χ4v) is 3.49. The Balaban J connectivity index is 1.36. The number of halogens is 3. The molecule has 0 N–H and O–H groups in total. The van der Waals surface area contributed by atoms with Crippen molar-refractivity contribution in [2.45, 2.75) is 19.5 Å². The van der Waals surface area contributed by atoms with Crippen molar-refractivity contribution in [2.24, 2.45) is 0 Å². The molecule has 3 aromatic rings.